The second kappa shape index (κ2) is 6.81. The second-order valence-corrected chi connectivity index (χ2v) is 7.37. The fourth-order valence-corrected chi connectivity index (χ4v) is 3.83. The third-order valence-electron chi connectivity index (χ3n) is 4.33. The highest BCUT2D eigenvalue weighted by atomic mass is 32.2. The smallest absolute Gasteiger partial charge is 0.233 e. The van der Waals surface area contributed by atoms with Gasteiger partial charge < -0.3 is 5.32 Å². The maximum absolute atomic E-state index is 13.2. The normalized spacial score (nSPS) is 16.9. The number of halogens is 2. The van der Waals surface area contributed by atoms with E-state index in [4.69, 9.17) is 0 Å². The van der Waals surface area contributed by atoms with Gasteiger partial charge >= 0.3 is 0 Å². The summed E-state index contributed by atoms with van der Waals surface area (Å²) >= 11 is 0. The molecular weight excluding hydrogens is 332 g/mol. The molecule has 1 amide bonds. The quantitative estimate of drug-likeness (QED) is 0.901. The van der Waals surface area contributed by atoms with Crippen LogP contribution in [0, 0.1) is 11.6 Å². The molecule has 6 heteroatoms. The zero-order valence-electron chi connectivity index (χ0n) is 12.9. The highest BCUT2D eigenvalue weighted by molar-refractivity contribution is 7.85. The molecule has 0 radical (unpaired) electrons. The lowest BCUT2D eigenvalue weighted by atomic mass is 9.72. The third kappa shape index (κ3) is 3.38. The minimum absolute atomic E-state index is 0.103. The number of carbonyl (C=O) groups is 1. The van der Waals surface area contributed by atoms with Crippen LogP contribution in [0.3, 0.4) is 0 Å². The van der Waals surface area contributed by atoms with Gasteiger partial charge in [0.15, 0.2) is 11.6 Å². The minimum Gasteiger partial charge on any atom is -0.346 e. The maximum Gasteiger partial charge on any atom is 0.233 e. The summed E-state index contributed by atoms with van der Waals surface area (Å²) in [5, 5.41) is 2.97. The molecule has 1 aliphatic carbocycles. The van der Waals surface area contributed by atoms with E-state index in [0.717, 1.165) is 37.0 Å². The van der Waals surface area contributed by atoms with Crippen LogP contribution < -0.4 is 5.32 Å². The van der Waals surface area contributed by atoms with E-state index in [1.165, 1.54) is 6.07 Å². The summed E-state index contributed by atoms with van der Waals surface area (Å²) in [6.07, 6.45) is 2.68. The SMILES string of the molecule is O=C(C[S@](=O)c1ccc(F)c(F)c1)NC1(c2ccccc2)CCC1. The number of carbonyl (C=O) groups excluding carboxylic acids is 1. The molecule has 0 heterocycles. The first kappa shape index (κ1) is 16.8. The summed E-state index contributed by atoms with van der Waals surface area (Å²) in [7, 11) is -1.72. The van der Waals surface area contributed by atoms with E-state index in [-0.39, 0.29) is 16.6 Å². The van der Waals surface area contributed by atoms with Crippen LogP contribution in [0.4, 0.5) is 8.78 Å². The maximum atomic E-state index is 13.2. The molecule has 1 atom stereocenters. The summed E-state index contributed by atoms with van der Waals surface area (Å²) in [5.41, 5.74) is 0.625. The minimum atomic E-state index is -1.72. The lowest BCUT2D eigenvalue weighted by molar-refractivity contribution is -0.121. The van der Waals surface area contributed by atoms with E-state index in [2.05, 4.69) is 5.32 Å². The average molecular weight is 349 g/mol. The number of amides is 1. The molecule has 126 valence electrons. The Balaban J connectivity index is 1.68. The number of hydrogen-bond acceptors (Lipinski definition) is 2. The Morgan fingerprint density at radius 2 is 1.79 bits per heavy atom. The Morgan fingerprint density at radius 1 is 1.08 bits per heavy atom. The molecule has 3 nitrogen and oxygen atoms in total. The van der Waals surface area contributed by atoms with E-state index < -0.39 is 28.0 Å². The molecule has 0 saturated heterocycles. The van der Waals surface area contributed by atoms with Gasteiger partial charge in [-0.3, -0.25) is 9.00 Å². The lowest BCUT2D eigenvalue weighted by Crippen LogP contribution is -2.51. The van der Waals surface area contributed by atoms with Crippen molar-refractivity contribution >= 4 is 16.7 Å². The average Bonchev–Trinajstić information content (AvgIpc) is 2.54. The van der Waals surface area contributed by atoms with Gasteiger partial charge in [-0.1, -0.05) is 30.3 Å². The van der Waals surface area contributed by atoms with E-state index in [1.54, 1.807) is 0 Å². The van der Waals surface area contributed by atoms with Crippen molar-refractivity contribution < 1.29 is 17.8 Å². The lowest BCUT2D eigenvalue weighted by Gasteiger charge is -2.43. The van der Waals surface area contributed by atoms with Crippen molar-refractivity contribution in [2.24, 2.45) is 0 Å². The van der Waals surface area contributed by atoms with Crippen molar-refractivity contribution in [3.63, 3.8) is 0 Å². The summed E-state index contributed by atoms with van der Waals surface area (Å²) in [4.78, 5) is 12.4. The molecule has 1 fully saturated rings. The predicted octanol–water partition coefficient (Wildman–Crippen LogP) is 3.27. The van der Waals surface area contributed by atoms with Gasteiger partial charge in [-0.05, 0) is 43.0 Å². The van der Waals surface area contributed by atoms with Crippen molar-refractivity contribution in [2.75, 3.05) is 5.75 Å². The van der Waals surface area contributed by atoms with Crippen LogP contribution in [-0.2, 0) is 21.1 Å². The van der Waals surface area contributed by atoms with Crippen LogP contribution in [0.5, 0.6) is 0 Å². The van der Waals surface area contributed by atoms with Crippen molar-refractivity contribution in [1.82, 2.24) is 5.32 Å². The Hall–Kier alpha value is -2.08. The van der Waals surface area contributed by atoms with E-state index in [1.807, 2.05) is 30.3 Å². The Bertz CT molecular complexity index is 776. The first-order chi connectivity index (χ1) is 11.5. The van der Waals surface area contributed by atoms with E-state index in [9.17, 15) is 17.8 Å². The number of rotatable bonds is 5. The van der Waals surface area contributed by atoms with Gasteiger partial charge in [0.05, 0.1) is 16.3 Å². The highest BCUT2D eigenvalue weighted by Crippen LogP contribution is 2.41. The Kier molecular flexibility index (Phi) is 4.76. The summed E-state index contributed by atoms with van der Waals surface area (Å²) in [6.45, 7) is 0. The summed E-state index contributed by atoms with van der Waals surface area (Å²) in [5.74, 6) is -2.71. The number of nitrogens with one attached hydrogen (secondary N) is 1. The Labute approximate surface area is 141 Å². The molecule has 1 aliphatic rings. The Morgan fingerprint density at radius 3 is 2.38 bits per heavy atom. The highest BCUT2D eigenvalue weighted by Gasteiger charge is 2.40. The predicted molar refractivity (Wildman–Crippen MR) is 87.7 cm³/mol. The summed E-state index contributed by atoms with van der Waals surface area (Å²) in [6, 6.07) is 12.7. The van der Waals surface area contributed by atoms with Crippen LogP contribution in [0.25, 0.3) is 0 Å². The fourth-order valence-electron chi connectivity index (χ4n) is 2.90. The van der Waals surface area contributed by atoms with Crippen LogP contribution in [0.2, 0.25) is 0 Å². The van der Waals surface area contributed by atoms with Gasteiger partial charge in [-0.25, -0.2) is 8.78 Å². The number of hydrogen-bond donors (Lipinski definition) is 1. The van der Waals surface area contributed by atoms with Crippen LogP contribution in [0.1, 0.15) is 24.8 Å². The molecular formula is C18H17F2NO2S. The number of benzene rings is 2. The molecule has 24 heavy (non-hydrogen) atoms. The standard InChI is InChI=1S/C18H17F2NO2S/c19-15-8-7-14(11-16(15)20)24(23)12-17(22)21-18(9-4-10-18)13-5-2-1-3-6-13/h1-3,5-8,11H,4,9-10,12H2,(H,21,22)/t24-/m0/s1. The second-order valence-electron chi connectivity index (χ2n) is 5.92. The van der Waals surface area contributed by atoms with Crippen molar-refractivity contribution in [1.29, 1.82) is 0 Å². The van der Waals surface area contributed by atoms with Crippen molar-refractivity contribution in [2.45, 2.75) is 29.7 Å². The van der Waals surface area contributed by atoms with E-state index >= 15 is 0 Å². The molecule has 0 aliphatic heterocycles. The van der Waals surface area contributed by atoms with Gasteiger partial charge in [0.25, 0.3) is 0 Å². The zero-order chi connectivity index (χ0) is 17.2. The van der Waals surface area contributed by atoms with E-state index in [0.29, 0.717) is 0 Å². The first-order valence-corrected chi connectivity index (χ1v) is 9.02. The zero-order valence-corrected chi connectivity index (χ0v) is 13.7. The molecule has 3 rings (SSSR count). The molecule has 2 aromatic carbocycles. The van der Waals surface area contributed by atoms with Crippen molar-refractivity contribution in [3.8, 4) is 0 Å². The summed E-state index contributed by atoms with van der Waals surface area (Å²) < 4.78 is 38.4. The van der Waals surface area contributed by atoms with Gasteiger partial charge in [0, 0.05) is 4.90 Å². The molecule has 2 aromatic rings. The third-order valence-corrected chi connectivity index (χ3v) is 5.63. The monoisotopic (exact) mass is 349 g/mol. The molecule has 0 aromatic heterocycles. The van der Waals surface area contributed by atoms with Crippen LogP contribution >= 0.6 is 0 Å². The topological polar surface area (TPSA) is 46.2 Å². The van der Waals surface area contributed by atoms with Gasteiger partial charge in [0.1, 0.15) is 5.75 Å². The van der Waals surface area contributed by atoms with Crippen molar-refractivity contribution in [3.05, 3.63) is 65.7 Å². The van der Waals surface area contributed by atoms with Gasteiger partial charge in [0.2, 0.25) is 5.91 Å². The van der Waals surface area contributed by atoms with Gasteiger partial charge in [-0.15, -0.1) is 0 Å². The fraction of sp³-hybridized carbons (Fsp3) is 0.278. The molecule has 1 saturated carbocycles. The largest absolute Gasteiger partial charge is 0.346 e. The van der Waals surface area contributed by atoms with Crippen LogP contribution in [0.15, 0.2) is 53.4 Å². The molecule has 0 bridgehead atoms. The first-order valence-electron chi connectivity index (χ1n) is 7.70. The van der Waals surface area contributed by atoms with Gasteiger partial charge in [-0.2, -0.15) is 0 Å². The van der Waals surface area contributed by atoms with Crippen LogP contribution in [-0.4, -0.2) is 15.9 Å². The molecule has 0 unspecified atom stereocenters. The molecule has 1 N–H and O–H groups in total. The molecule has 0 spiro atoms.